The second-order valence-corrected chi connectivity index (χ2v) is 3.13. The molecular weight excluding hydrogens is 187 g/mol. The van der Waals surface area contributed by atoms with Crippen LogP contribution in [0.2, 0.25) is 0 Å². The van der Waals surface area contributed by atoms with Crippen LogP contribution in [0.25, 0.3) is 0 Å². The van der Waals surface area contributed by atoms with E-state index in [1.165, 1.54) is 0 Å². The number of carbonyl (C=O) groups is 1. The first-order chi connectivity index (χ1) is 5.88. The first-order valence-electron chi connectivity index (χ1n) is 3.91. The largest absolute Gasteiger partial charge is 0.481 e. The molecule has 76 valence electrons. The van der Waals surface area contributed by atoms with Crippen LogP contribution in [0.1, 0.15) is 12.8 Å². The Morgan fingerprint density at radius 1 is 1.54 bits per heavy atom. The molecule has 1 unspecified atom stereocenters. The van der Waals surface area contributed by atoms with Crippen molar-refractivity contribution in [1.82, 2.24) is 4.90 Å². The van der Waals surface area contributed by atoms with Gasteiger partial charge in [0.05, 0.1) is 13.0 Å². The Morgan fingerprint density at radius 3 is 2.46 bits per heavy atom. The minimum Gasteiger partial charge on any atom is -0.481 e. The molecule has 0 bridgehead atoms. The van der Waals surface area contributed by atoms with Crippen LogP contribution in [0, 0.1) is 0 Å². The average molecular weight is 197 g/mol. The topological polar surface area (TPSA) is 40.5 Å². The van der Waals surface area contributed by atoms with Gasteiger partial charge in [0.25, 0.3) is 0 Å². The Bertz CT molecular complexity index is 204. The van der Waals surface area contributed by atoms with Gasteiger partial charge in [0.1, 0.15) is 0 Å². The van der Waals surface area contributed by atoms with Crippen molar-refractivity contribution in [2.45, 2.75) is 25.1 Å². The SMILES string of the molecule is O=C(O)CC1CCN1CC(F)(F)F. The highest BCUT2D eigenvalue weighted by Crippen LogP contribution is 2.26. The Hall–Kier alpha value is -0.780. The molecule has 0 aromatic carbocycles. The van der Waals surface area contributed by atoms with Gasteiger partial charge in [-0.15, -0.1) is 0 Å². The first kappa shape index (κ1) is 10.3. The van der Waals surface area contributed by atoms with E-state index in [1.54, 1.807) is 0 Å². The van der Waals surface area contributed by atoms with Crippen molar-refractivity contribution >= 4 is 5.97 Å². The molecule has 0 spiro atoms. The number of hydrogen-bond acceptors (Lipinski definition) is 2. The Kier molecular flexibility index (Phi) is 2.80. The van der Waals surface area contributed by atoms with E-state index in [0.717, 1.165) is 4.90 Å². The molecule has 13 heavy (non-hydrogen) atoms. The predicted octanol–water partition coefficient (Wildman–Crippen LogP) is 1.10. The fourth-order valence-electron chi connectivity index (χ4n) is 1.37. The maximum Gasteiger partial charge on any atom is 0.401 e. The molecule has 0 saturated carbocycles. The highest BCUT2D eigenvalue weighted by atomic mass is 19.4. The summed E-state index contributed by atoms with van der Waals surface area (Å²) in [5.41, 5.74) is 0. The molecule has 1 heterocycles. The molecule has 1 aliphatic heterocycles. The quantitative estimate of drug-likeness (QED) is 0.736. The zero-order valence-corrected chi connectivity index (χ0v) is 6.84. The zero-order chi connectivity index (χ0) is 10.1. The van der Waals surface area contributed by atoms with Gasteiger partial charge in [0.2, 0.25) is 0 Å². The number of aliphatic carboxylic acids is 1. The number of alkyl halides is 3. The summed E-state index contributed by atoms with van der Waals surface area (Å²) in [5, 5.41) is 8.36. The highest BCUT2D eigenvalue weighted by Gasteiger charge is 2.38. The monoisotopic (exact) mass is 197 g/mol. The maximum absolute atomic E-state index is 11.8. The standard InChI is InChI=1S/C7H10F3NO2/c8-7(9,10)4-11-2-1-5(11)3-6(12)13/h5H,1-4H2,(H,12,13). The molecule has 0 aromatic heterocycles. The summed E-state index contributed by atoms with van der Waals surface area (Å²) >= 11 is 0. The average Bonchev–Trinajstić information content (AvgIpc) is 1.92. The number of carboxylic acids is 1. The number of hydrogen-bond donors (Lipinski definition) is 1. The summed E-state index contributed by atoms with van der Waals surface area (Å²) in [6.07, 6.45) is -3.88. The lowest BCUT2D eigenvalue weighted by Gasteiger charge is -2.40. The fraction of sp³-hybridized carbons (Fsp3) is 0.857. The van der Waals surface area contributed by atoms with E-state index in [2.05, 4.69) is 0 Å². The van der Waals surface area contributed by atoms with Crippen molar-refractivity contribution in [1.29, 1.82) is 0 Å². The zero-order valence-electron chi connectivity index (χ0n) is 6.84. The molecule has 0 aromatic rings. The van der Waals surface area contributed by atoms with Crippen molar-refractivity contribution in [2.24, 2.45) is 0 Å². The molecule has 1 rings (SSSR count). The number of halogens is 3. The highest BCUT2D eigenvalue weighted by molar-refractivity contribution is 5.67. The minimum atomic E-state index is -4.23. The number of likely N-dealkylation sites (tertiary alicyclic amines) is 1. The van der Waals surface area contributed by atoms with Crippen LogP contribution in [0.4, 0.5) is 13.2 Å². The van der Waals surface area contributed by atoms with E-state index in [-0.39, 0.29) is 6.42 Å². The normalized spacial score (nSPS) is 24.1. The van der Waals surface area contributed by atoms with E-state index in [4.69, 9.17) is 5.11 Å². The molecule has 1 atom stereocenters. The summed E-state index contributed by atoms with van der Waals surface area (Å²) in [6.45, 7) is -0.650. The van der Waals surface area contributed by atoms with Gasteiger partial charge in [-0.3, -0.25) is 9.69 Å². The second kappa shape index (κ2) is 3.53. The summed E-state index contributed by atoms with van der Waals surface area (Å²) in [4.78, 5) is 11.4. The summed E-state index contributed by atoms with van der Waals surface area (Å²) in [7, 11) is 0. The Balaban J connectivity index is 2.33. The van der Waals surface area contributed by atoms with Crippen LogP contribution >= 0.6 is 0 Å². The Morgan fingerprint density at radius 2 is 2.15 bits per heavy atom. The lowest BCUT2D eigenvalue weighted by atomic mass is 10.00. The van der Waals surface area contributed by atoms with Crippen LogP contribution < -0.4 is 0 Å². The summed E-state index contributed by atoms with van der Waals surface area (Å²) in [6, 6.07) is -0.431. The third-order valence-electron chi connectivity index (χ3n) is 2.06. The molecule has 3 nitrogen and oxygen atoms in total. The van der Waals surface area contributed by atoms with Crippen LogP contribution in [0.3, 0.4) is 0 Å². The minimum absolute atomic E-state index is 0.198. The lowest BCUT2D eigenvalue weighted by molar-refractivity contribution is -0.166. The van der Waals surface area contributed by atoms with E-state index < -0.39 is 24.7 Å². The maximum atomic E-state index is 11.8. The molecule has 1 fully saturated rings. The smallest absolute Gasteiger partial charge is 0.401 e. The van der Waals surface area contributed by atoms with Crippen LogP contribution in [0.5, 0.6) is 0 Å². The van der Waals surface area contributed by atoms with Crippen LogP contribution in [0.15, 0.2) is 0 Å². The van der Waals surface area contributed by atoms with E-state index in [0.29, 0.717) is 13.0 Å². The molecule has 1 aliphatic rings. The third kappa shape index (κ3) is 3.22. The van der Waals surface area contributed by atoms with Gasteiger partial charge in [-0.2, -0.15) is 13.2 Å². The van der Waals surface area contributed by atoms with Gasteiger partial charge in [-0.05, 0) is 6.42 Å². The van der Waals surface area contributed by atoms with Crippen LogP contribution in [-0.2, 0) is 4.79 Å². The molecular formula is C7H10F3NO2. The van der Waals surface area contributed by atoms with Gasteiger partial charge in [0, 0.05) is 12.6 Å². The Labute approximate surface area is 73.1 Å². The predicted molar refractivity (Wildman–Crippen MR) is 38.3 cm³/mol. The van der Waals surface area contributed by atoms with Gasteiger partial charge in [0.15, 0.2) is 0 Å². The second-order valence-electron chi connectivity index (χ2n) is 3.13. The number of rotatable bonds is 3. The molecule has 6 heteroatoms. The van der Waals surface area contributed by atoms with Gasteiger partial charge >= 0.3 is 12.1 Å². The summed E-state index contributed by atoms with van der Waals surface area (Å²) in [5.74, 6) is -1.04. The first-order valence-corrected chi connectivity index (χ1v) is 3.91. The van der Waals surface area contributed by atoms with Gasteiger partial charge in [-0.1, -0.05) is 0 Å². The molecule has 0 radical (unpaired) electrons. The fourth-order valence-corrected chi connectivity index (χ4v) is 1.37. The molecule has 1 N–H and O–H groups in total. The van der Waals surface area contributed by atoms with Crippen molar-refractivity contribution < 1.29 is 23.1 Å². The number of nitrogens with zero attached hydrogens (tertiary/aromatic N) is 1. The third-order valence-corrected chi connectivity index (χ3v) is 2.06. The van der Waals surface area contributed by atoms with Gasteiger partial charge < -0.3 is 5.11 Å². The molecule has 0 aliphatic carbocycles. The van der Waals surface area contributed by atoms with E-state index in [1.807, 2.05) is 0 Å². The lowest BCUT2D eigenvalue weighted by Crippen LogP contribution is -2.52. The van der Waals surface area contributed by atoms with Crippen LogP contribution in [-0.4, -0.2) is 41.3 Å². The summed E-state index contributed by atoms with van der Waals surface area (Å²) < 4.78 is 35.5. The van der Waals surface area contributed by atoms with Crippen molar-refractivity contribution in [3.63, 3.8) is 0 Å². The van der Waals surface area contributed by atoms with Crippen molar-refractivity contribution in [3.8, 4) is 0 Å². The molecule has 1 saturated heterocycles. The van der Waals surface area contributed by atoms with Crippen molar-refractivity contribution in [3.05, 3.63) is 0 Å². The van der Waals surface area contributed by atoms with E-state index >= 15 is 0 Å². The van der Waals surface area contributed by atoms with E-state index in [9.17, 15) is 18.0 Å². The number of carboxylic acid groups (broad SMARTS) is 1. The van der Waals surface area contributed by atoms with Crippen molar-refractivity contribution in [2.75, 3.05) is 13.1 Å². The van der Waals surface area contributed by atoms with Gasteiger partial charge in [-0.25, -0.2) is 0 Å². The molecule has 0 amide bonds.